The number of benzene rings is 1. The Balaban J connectivity index is 2.57. The molecule has 0 saturated heterocycles. The van der Waals surface area contributed by atoms with Gasteiger partial charge in [0.2, 0.25) is 0 Å². The van der Waals surface area contributed by atoms with Gasteiger partial charge in [-0.2, -0.15) is 0 Å². The Labute approximate surface area is 132 Å². The molecule has 1 saturated carbocycles. The van der Waals surface area contributed by atoms with Gasteiger partial charge in [-0.15, -0.1) is 0 Å². The maximum Gasteiger partial charge on any atom is -0.0156 e. The first-order valence-electron chi connectivity index (χ1n) is 9.09. The quantitative estimate of drug-likeness (QED) is 0.553. The van der Waals surface area contributed by atoms with Gasteiger partial charge >= 0.3 is 0 Å². The maximum absolute atomic E-state index is 2.52. The molecule has 0 N–H and O–H groups in total. The third-order valence-corrected chi connectivity index (χ3v) is 5.19. The van der Waals surface area contributed by atoms with Gasteiger partial charge in [0.15, 0.2) is 0 Å². The minimum absolute atomic E-state index is 0.625. The molecule has 0 unspecified atom stereocenters. The van der Waals surface area contributed by atoms with Crippen molar-refractivity contribution in [3.63, 3.8) is 0 Å². The van der Waals surface area contributed by atoms with Crippen molar-refractivity contribution in [2.75, 3.05) is 0 Å². The minimum atomic E-state index is 0.625. The van der Waals surface area contributed by atoms with Crippen LogP contribution in [-0.2, 0) is 0 Å². The van der Waals surface area contributed by atoms with Crippen LogP contribution in [0.25, 0.3) is 0 Å². The summed E-state index contributed by atoms with van der Waals surface area (Å²) in [5.41, 5.74) is 6.53. The van der Waals surface area contributed by atoms with Gasteiger partial charge in [0.1, 0.15) is 0 Å². The Morgan fingerprint density at radius 2 is 1.19 bits per heavy atom. The Morgan fingerprint density at radius 1 is 0.714 bits per heavy atom. The van der Waals surface area contributed by atoms with Gasteiger partial charge in [0.25, 0.3) is 0 Å². The van der Waals surface area contributed by atoms with E-state index in [-0.39, 0.29) is 0 Å². The van der Waals surface area contributed by atoms with Gasteiger partial charge in [0, 0.05) is 0 Å². The van der Waals surface area contributed by atoms with Crippen LogP contribution in [0.2, 0.25) is 0 Å². The van der Waals surface area contributed by atoms with E-state index in [2.05, 4.69) is 53.7 Å². The molecule has 0 spiro atoms. The Morgan fingerprint density at radius 3 is 1.57 bits per heavy atom. The first-order valence-corrected chi connectivity index (χ1v) is 9.09. The molecule has 2 rings (SSSR count). The summed E-state index contributed by atoms with van der Waals surface area (Å²) >= 11 is 0. The van der Waals surface area contributed by atoms with E-state index >= 15 is 0 Å². The van der Waals surface area contributed by atoms with Gasteiger partial charge in [-0.3, -0.25) is 0 Å². The number of hydrogen-bond acceptors (Lipinski definition) is 0. The van der Waals surface area contributed by atoms with Crippen LogP contribution in [0.1, 0.15) is 120 Å². The summed E-state index contributed by atoms with van der Waals surface area (Å²) < 4.78 is 0. The normalized spacial score (nSPS) is 17.2. The van der Waals surface area contributed by atoms with Gasteiger partial charge in [-0.25, -0.2) is 0 Å². The van der Waals surface area contributed by atoms with Gasteiger partial charge < -0.3 is 0 Å². The lowest BCUT2D eigenvalue weighted by Gasteiger charge is -2.30. The summed E-state index contributed by atoms with van der Waals surface area (Å²) in [4.78, 5) is 0. The molecule has 0 radical (unpaired) electrons. The average molecular weight is 287 g/mol. The number of hydrogen-bond donors (Lipinski definition) is 0. The summed E-state index contributed by atoms with van der Waals surface area (Å²) in [6.45, 7) is 14.1. The summed E-state index contributed by atoms with van der Waals surface area (Å²) in [5.74, 6) is 2.71. The molecule has 0 atom stereocenters. The highest BCUT2D eigenvalue weighted by atomic mass is 14.3. The van der Waals surface area contributed by atoms with Crippen molar-refractivity contribution in [3.05, 3.63) is 34.4 Å². The lowest BCUT2D eigenvalue weighted by atomic mass is 9.74. The van der Waals surface area contributed by atoms with E-state index in [1.54, 1.807) is 16.7 Å². The maximum atomic E-state index is 2.52. The second-order valence-corrected chi connectivity index (χ2v) is 7.91. The molecule has 1 aliphatic rings. The Hall–Kier alpha value is -0.780. The first-order chi connectivity index (χ1) is 9.91. The third-order valence-electron chi connectivity index (χ3n) is 5.19. The summed E-state index contributed by atoms with van der Waals surface area (Å²) in [7, 11) is 0. The zero-order chi connectivity index (χ0) is 15.6. The SMILES string of the molecule is CC(C)c1cc(C(C)C)c(C2CCCCC2)c(C(C)C)c1. The van der Waals surface area contributed by atoms with E-state index in [9.17, 15) is 0 Å². The molecule has 0 heteroatoms. The number of rotatable bonds is 4. The van der Waals surface area contributed by atoms with Gasteiger partial charge in [-0.1, -0.05) is 72.9 Å². The fraction of sp³-hybridized carbons (Fsp3) is 0.714. The highest BCUT2D eigenvalue weighted by molar-refractivity contribution is 5.45. The van der Waals surface area contributed by atoms with E-state index in [0.717, 1.165) is 5.92 Å². The van der Waals surface area contributed by atoms with Crippen molar-refractivity contribution in [3.8, 4) is 0 Å². The van der Waals surface area contributed by atoms with Crippen LogP contribution in [0.3, 0.4) is 0 Å². The molecular formula is C21H34. The largest absolute Gasteiger partial charge is 0.0587 e. The molecular weight excluding hydrogens is 252 g/mol. The van der Waals surface area contributed by atoms with E-state index in [1.165, 1.54) is 37.7 Å². The zero-order valence-corrected chi connectivity index (χ0v) is 15.0. The molecule has 1 aromatic carbocycles. The van der Waals surface area contributed by atoms with Crippen LogP contribution in [0.4, 0.5) is 0 Å². The van der Waals surface area contributed by atoms with Crippen molar-refractivity contribution in [1.82, 2.24) is 0 Å². The van der Waals surface area contributed by atoms with Gasteiger partial charge in [-0.05, 0) is 58.8 Å². The monoisotopic (exact) mass is 286 g/mol. The van der Waals surface area contributed by atoms with Crippen molar-refractivity contribution in [2.24, 2.45) is 0 Å². The van der Waals surface area contributed by atoms with Crippen LogP contribution >= 0.6 is 0 Å². The van der Waals surface area contributed by atoms with E-state index < -0.39 is 0 Å². The van der Waals surface area contributed by atoms with E-state index in [1.807, 2.05) is 0 Å². The van der Waals surface area contributed by atoms with Crippen LogP contribution in [0.15, 0.2) is 12.1 Å². The standard InChI is InChI=1S/C21H34/c1-14(2)18-12-19(15(3)4)21(20(13-18)16(5)6)17-10-8-7-9-11-17/h12-17H,7-11H2,1-6H3. The fourth-order valence-corrected chi connectivity index (χ4v) is 3.87. The highest BCUT2D eigenvalue weighted by Gasteiger charge is 2.24. The predicted molar refractivity (Wildman–Crippen MR) is 94.5 cm³/mol. The van der Waals surface area contributed by atoms with Gasteiger partial charge in [0.05, 0.1) is 0 Å². The molecule has 118 valence electrons. The molecule has 0 amide bonds. The van der Waals surface area contributed by atoms with Crippen molar-refractivity contribution in [1.29, 1.82) is 0 Å². The highest BCUT2D eigenvalue weighted by Crippen LogP contribution is 2.42. The molecule has 0 heterocycles. The zero-order valence-electron chi connectivity index (χ0n) is 15.0. The fourth-order valence-electron chi connectivity index (χ4n) is 3.87. The molecule has 0 aliphatic heterocycles. The van der Waals surface area contributed by atoms with Crippen LogP contribution in [0, 0.1) is 0 Å². The van der Waals surface area contributed by atoms with Crippen molar-refractivity contribution >= 4 is 0 Å². The topological polar surface area (TPSA) is 0 Å². The van der Waals surface area contributed by atoms with E-state index in [4.69, 9.17) is 0 Å². The molecule has 1 aromatic rings. The second-order valence-electron chi connectivity index (χ2n) is 7.91. The first kappa shape index (κ1) is 16.6. The lowest BCUT2D eigenvalue weighted by molar-refractivity contribution is 0.437. The average Bonchev–Trinajstić information content (AvgIpc) is 2.46. The van der Waals surface area contributed by atoms with Crippen LogP contribution in [0.5, 0.6) is 0 Å². The molecule has 1 fully saturated rings. The summed E-state index contributed by atoms with van der Waals surface area (Å²) in [6.07, 6.45) is 7.09. The van der Waals surface area contributed by atoms with E-state index in [0.29, 0.717) is 17.8 Å². The third kappa shape index (κ3) is 3.71. The molecule has 0 aromatic heterocycles. The summed E-state index contributed by atoms with van der Waals surface area (Å²) in [6, 6.07) is 5.04. The minimum Gasteiger partial charge on any atom is -0.0587 e. The summed E-state index contributed by atoms with van der Waals surface area (Å²) in [5, 5.41) is 0. The van der Waals surface area contributed by atoms with Crippen molar-refractivity contribution < 1.29 is 0 Å². The molecule has 0 bridgehead atoms. The smallest absolute Gasteiger partial charge is 0.0156 e. The lowest BCUT2D eigenvalue weighted by Crippen LogP contribution is -2.13. The van der Waals surface area contributed by atoms with Crippen LogP contribution < -0.4 is 0 Å². The molecule has 0 nitrogen and oxygen atoms in total. The Bertz CT molecular complexity index is 430. The second kappa shape index (κ2) is 6.99. The van der Waals surface area contributed by atoms with Crippen LogP contribution in [-0.4, -0.2) is 0 Å². The van der Waals surface area contributed by atoms with Crippen molar-refractivity contribution in [2.45, 2.75) is 97.3 Å². The molecule has 21 heavy (non-hydrogen) atoms. The predicted octanol–water partition coefficient (Wildman–Crippen LogP) is 7.10. The molecule has 1 aliphatic carbocycles. The Kier molecular flexibility index (Phi) is 5.52.